The monoisotopic (exact) mass is 323 g/mol. The van der Waals surface area contributed by atoms with Gasteiger partial charge in [0.1, 0.15) is 5.82 Å². The molecule has 2 heterocycles. The number of nitrogens with one attached hydrogen (secondary N) is 1. The molecule has 5 heteroatoms. The zero-order valence-corrected chi connectivity index (χ0v) is 12.4. The van der Waals surface area contributed by atoms with E-state index in [4.69, 9.17) is 0 Å². The number of piperidine rings is 1. The molecule has 1 saturated carbocycles. The quantitative estimate of drug-likeness (QED) is 0.928. The summed E-state index contributed by atoms with van der Waals surface area (Å²) < 4.78 is 0.998. The van der Waals surface area contributed by atoms with Gasteiger partial charge in [-0.05, 0) is 53.7 Å². The van der Waals surface area contributed by atoms with Gasteiger partial charge < -0.3 is 10.2 Å². The van der Waals surface area contributed by atoms with Crippen molar-refractivity contribution < 1.29 is 4.79 Å². The van der Waals surface area contributed by atoms with Crippen LogP contribution in [0.1, 0.15) is 25.7 Å². The number of aromatic nitrogens is 1. The molecule has 102 valence electrons. The van der Waals surface area contributed by atoms with Crippen molar-refractivity contribution in [3.05, 3.63) is 22.8 Å². The van der Waals surface area contributed by atoms with Crippen LogP contribution < -0.4 is 10.2 Å². The molecule has 0 spiro atoms. The highest BCUT2D eigenvalue weighted by Gasteiger charge is 2.31. The second kappa shape index (κ2) is 5.49. The molecule has 2 fully saturated rings. The fourth-order valence-electron chi connectivity index (χ4n) is 2.54. The van der Waals surface area contributed by atoms with Crippen LogP contribution in [0.3, 0.4) is 0 Å². The third kappa shape index (κ3) is 3.08. The number of rotatable bonds is 3. The molecule has 1 N–H and O–H groups in total. The van der Waals surface area contributed by atoms with Gasteiger partial charge >= 0.3 is 0 Å². The predicted molar refractivity (Wildman–Crippen MR) is 78.0 cm³/mol. The number of carbonyl (C=O) groups excluding carboxylic acids is 1. The Kier molecular flexibility index (Phi) is 3.73. The predicted octanol–water partition coefficient (Wildman–Crippen LogP) is 2.34. The summed E-state index contributed by atoms with van der Waals surface area (Å²) in [7, 11) is 0. The van der Waals surface area contributed by atoms with Gasteiger partial charge in [-0.25, -0.2) is 4.98 Å². The third-order valence-electron chi connectivity index (χ3n) is 3.75. The topological polar surface area (TPSA) is 45.2 Å². The van der Waals surface area contributed by atoms with Crippen LogP contribution in [0.15, 0.2) is 22.8 Å². The molecule has 0 aromatic carbocycles. The van der Waals surface area contributed by atoms with Crippen molar-refractivity contribution in [3.63, 3.8) is 0 Å². The number of anilines is 1. The Bertz CT molecular complexity index is 476. The first-order chi connectivity index (χ1) is 9.24. The van der Waals surface area contributed by atoms with E-state index in [-0.39, 0.29) is 11.8 Å². The number of halogens is 1. The summed E-state index contributed by atoms with van der Waals surface area (Å²) in [5.74, 6) is 1.27. The molecule has 1 aromatic heterocycles. The van der Waals surface area contributed by atoms with Crippen LogP contribution in [0.4, 0.5) is 5.82 Å². The summed E-state index contributed by atoms with van der Waals surface area (Å²) in [6.45, 7) is 1.75. The van der Waals surface area contributed by atoms with Gasteiger partial charge in [0.15, 0.2) is 0 Å². The minimum Gasteiger partial charge on any atom is -0.355 e. The van der Waals surface area contributed by atoms with Gasteiger partial charge in [-0.3, -0.25) is 4.79 Å². The van der Waals surface area contributed by atoms with Crippen molar-refractivity contribution in [2.45, 2.75) is 31.7 Å². The van der Waals surface area contributed by atoms with Crippen molar-refractivity contribution in [2.75, 3.05) is 18.0 Å². The highest BCUT2D eigenvalue weighted by atomic mass is 79.9. The van der Waals surface area contributed by atoms with E-state index in [0.717, 1.165) is 49.1 Å². The van der Waals surface area contributed by atoms with Crippen molar-refractivity contribution in [1.82, 2.24) is 10.3 Å². The minimum absolute atomic E-state index is 0.100. The van der Waals surface area contributed by atoms with Crippen molar-refractivity contribution >= 4 is 27.7 Å². The molecule has 1 saturated heterocycles. The van der Waals surface area contributed by atoms with Gasteiger partial charge in [0.25, 0.3) is 0 Å². The molecule has 1 atom stereocenters. The SMILES string of the molecule is O=C(NC1CC1)C1CCCN(c2ncccc2Br)C1. The highest BCUT2D eigenvalue weighted by Crippen LogP contribution is 2.28. The molecule has 0 radical (unpaired) electrons. The molecule has 2 aliphatic rings. The van der Waals surface area contributed by atoms with Crippen LogP contribution in [0.5, 0.6) is 0 Å². The van der Waals surface area contributed by atoms with E-state index in [0.29, 0.717) is 6.04 Å². The number of hydrogen-bond acceptors (Lipinski definition) is 3. The standard InChI is InChI=1S/C14H18BrN3O/c15-12-4-1-7-16-13(12)18-8-2-3-10(9-18)14(19)17-11-5-6-11/h1,4,7,10-11H,2-3,5-6,8-9H2,(H,17,19). The maximum absolute atomic E-state index is 12.1. The Hall–Kier alpha value is -1.10. The van der Waals surface area contributed by atoms with Gasteiger partial charge in [0.05, 0.1) is 10.4 Å². The van der Waals surface area contributed by atoms with Gasteiger partial charge in [0, 0.05) is 25.3 Å². The fourth-order valence-corrected chi connectivity index (χ4v) is 3.05. The number of nitrogens with zero attached hydrogens (tertiary/aromatic N) is 2. The van der Waals surface area contributed by atoms with Gasteiger partial charge in [0.2, 0.25) is 5.91 Å². The summed E-state index contributed by atoms with van der Waals surface area (Å²) >= 11 is 3.53. The number of hydrogen-bond donors (Lipinski definition) is 1. The molecule has 1 unspecified atom stereocenters. The number of pyridine rings is 1. The zero-order chi connectivity index (χ0) is 13.2. The fraction of sp³-hybridized carbons (Fsp3) is 0.571. The number of carbonyl (C=O) groups is 1. The van der Waals surface area contributed by atoms with E-state index in [9.17, 15) is 4.79 Å². The average Bonchev–Trinajstić information content (AvgIpc) is 3.23. The first-order valence-electron chi connectivity index (χ1n) is 6.90. The average molecular weight is 324 g/mol. The van der Waals surface area contributed by atoms with Crippen LogP contribution in [0.2, 0.25) is 0 Å². The molecular weight excluding hydrogens is 306 g/mol. The maximum atomic E-state index is 12.1. The molecule has 1 amide bonds. The summed E-state index contributed by atoms with van der Waals surface area (Å²) in [4.78, 5) is 18.8. The van der Waals surface area contributed by atoms with E-state index in [1.807, 2.05) is 12.1 Å². The molecule has 1 aliphatic carbocycles. The lowest BCUT2D eigenvalue weighted by molar-refractivity contribution is -0.125. The lowest BCUT2D eigenvalue weighted by Gasteiger charge is -2.33. The van der Waals surface area contributed by atoms with Gasteiger partial charge in [-0.15, -0.1) is 0 Å². The summed E-state index contributed by atoms with van der Waals surface area (Å²) in [5.41, 5.74) is 0. The zero-order valence-electron chi connectivity index (χ0n) is 10.8. The van der Waals surface area contributed by atoms with Crippen molar-refractivity contribution in [3.8, 4) is 0 Å². The van der Waals surface area contributed by atoms with Crippen LogP contribution in [-0.4, -0.2) is 30.0 Å². The molecule has 0 bridgehead atoms. The summed E-state index contributed by atoms with van der Waals surface area (Å²) in [5, 5.41) is 3.11. The minimum atomic E-state index is 0.100. The highest BCUT2D eigenvalue weighted by molar-refractivity contribution is 9.10. The van der Waals surface area contributed by atoms with Crippen LogP contribution in [0.25, 0.3) is 0 Å². The van der Waals surface area contributed by atoms with Gasteiger partial charge in [-0.2, -0.15) is 0 Å². The lowest BCUT2D eigenvalue weighted by atomic mass is 9.97. The Balaban J connectivity index is 1.67. The smallest absolute Gasteiger partial charge is 0.225 e. The molecular formula is C14H18BrN3O. The van der Waals surface area contributed by atoms with Gasteiger partial charge in [-0.1, -0.05) is 0 Å². The van der Waals surface area contributed by atoms with E-state index in [1.165, 1.54) is 0 Å². The Morgan fingerprint density at radius 1 is 1.42 bits per heavy atom. The van der Waals surface area contributed by atoms with Crippen LogP contribution in [-0.2, 0) is 4.79 Å². The van der Waals surface area contributed by atoms with Crippen molar-refractivity contribution in [1.29, 1.82) is 0 Å². The second-order valence-electron chi connectivity index (χ2n) is 5.38. The lowest BCUT2D eigenvalue weighted by Crippen LogP contribution is -2.44. The number of amides is 1. The van der Waals surface area contributed by atoms with E-state index in [2.05, 4.69) is 31.1 Å². The van der Waals surface area contributed by atoms with E-state index < -0.39 is 0 Å². The summed E-state index contributed by atoms with van der Waals surface area (Å²) in [6.07, 6.45) is 6.13. The Morgan fingerprint density at radius 2 is 2.26 bits per heavy atom. The largest absolute Gasteiger partial charge is 0.355 e. The normalized spacial score (nSPS) is 23.2. The second-order valence-corrected chi connectivity index (χ2v) is 6.23. The molecule has 1 aliphatic heterocycles. The Morgan fingerprint density at radius 3 is 3.00 bits per heavy atom. The van der Waals surface area contributed by atoms with E-state index >= 15 is 0 Å². The first-order valence-corrected chi connectivity index (χ1v) is 7.69. The molecule has 19 heavy (non-hydrogen) atoms. The molecule has 1 aromatic rings. The maximum Gasteiger partial charge on any atom is 0.225 e. The third-order valence-corrected chi connectivity index (χ3v) is 4.37. The Labute approximate surface area is 121 Å². The van der Waals surface area contributed by atoms with Crippen molar-refractivity contribution in [2.24, 2.45) is 5.92 Å². The molecule has 3 rings (SSSR count). The first kappa shape index (κ1) is 12.9. The molecule has 4 nitrogen and oxygen atoms in total. The van der Waals surface area contributed by atoms with E-state index in [1.54, 1.807) is 6.20 Å². The van der Waals surface area contributed by atoms with Crippen LogP contribution >= 0.6 is 15.9 Å². The van der Waals surface area contributed by atoms with Crippen LogP contribution in [0, 0.1) is 5.92 Å². The summed E-state index contributed by atoms with van der Waals surface area (Å²) in [6, 6.07) is 4.36.